The highest BCUT2D eigenvalue weighted by molar-refractivity contribution is 7.89. The first-order valence-electron chi connectivity index (χ1n) is 6.17. The van der Waals surface area contributed by atoms with Crippen molar-refractivity contribution in [2.45, 2.75) is 57.2 Å². The summed E-state index contributed by atoms with van der Waals surface area (Å²) in [5, 5.41) is 4.36. The summed E-state index contributed by atoms with van der Waals surface area (Å²) in [6.07, 6.45) is 4.32. The molecule has 17 heavy (non-hydrogen) atoms. The summed E-state index contributed by atoms with van der Waals surface area (Å²) in [7, 11) is -3.59. The van der Waals surface area contributed by atoms with Crippen molar-refractivity contribution >= 4 is 15.9 Å². The smallest absolute Gasteiger partial charge is 0.224 e. The van der Waals surface area contributed by atoms with E-state index in [9.17, 15) is 13.2 Å². The molecular weight excluding hydrogens is 240 g/mol. The molecule has 0 aromatic carbocycles. The first kappa shape index (κ1) is 14.4. The minimum Gasteiger partial charge on any atom is -0.339 e. The van der Waals surface area contributed by atoms with Crippen LogP contribution in [0.3, 0.4) is 0 Å². The molecule has 0 bridgehead atoms. The molecule has 1 saturated heterocycles. The van der Waals surface area contributed by atoms with Crippen LogP contribution >= 0.6 is 0 Å². The van der Waals surface area contributed by atoms with Gasteiger partial charge in [0.05, 0.1) is 0 Å². The molecule has 0 radical (unpaired) electrons. The van der Waals surface area contributed by atoms with E-state index in [1.165, 1.54) is 0 Å². The molecule has 2 N–H and O–H groups in total. The molecular formula is C11H22N2O3S. The maximum absolute atomic E-state index is 11.7. The van der Waals surface area contributed by atoms with E-state index in [1.807, 2.05) is 6.92 Å². The molecule has 0 aromatic rings. The van der Waals surface area contributed by atoms with Gasteiger partial charge in [-0.3, -0.25) is 4.79 Å². The second-order valence-electron chi connectivity index (χ2n) is 4.81. The van der Waals surface area contributed by atoms with Gasteiger partial charge in [0.15, 0.2) is 0 Å². The zero-order valence-electron chi connectivity index (χ0n) is 10.6. The molecule has 2 unspecified atom stereocenters. The van der Waals surface area contributed by atoms with Crippen molar-refractivity contribution in [1.29, 1.82) is 0 Å². The van der Waals surface area contributed by atoms with E-state index in [1.54, 1.807) is 4.90 Å². The summed E-state index contributed by atoms with van der Waals surface area (Å²) in [6.45, 7) is 4.35. The third-order valence-electron chi connectivity index (χ3n) is 3.35. The van der Waals surface area contributed by atoms with Crippen LogP contribution in [0.2, 0.25) is 0 Å². The Kier molecular flexibility index (Phi) is 4.94. The summed E-state index contributed by atoms with van der Waals surface area (Å²) in [6, 6.07) is 0.112. The first-order valence-corrected chi connectivity index (χ1v) is 7.78. The molecule has 0 saturated carbocycles. The largest absolute Gasteiger partial charge is 0.339 e. The Labute approximate surface area is 103 Å². The summed E-state index contributed by atoms with van der Waals surface area (Å²) < 4.78 is 22.4. The van der Waals surface area contributed by atoms with Crippen LogP contribution in [0.4, 0.5) is 0 Å². The van der Waals surface area contributed by atoms with E-state index in [2.05, 4.69) is 6.92 Å². The summed E-state index contributed by atoms with van der Waals surface area (Å²) in [5.74, 6) is -0.0898. The lowest BCUT2D eigenvalue weighted by Crippen LogP contribution is -2.37. The molecule has 1 heterocycles. The van der Waals surface area contributed by atoms with E-state index in [4.69, 9.17) is 5.14 Å². The van der Waals surface area contributed by atoms with Crippen LogP contribution in [0.1, 0.15) is 46.0 Å². The minimum atomic E-state index is -3.59. The number of carbonyl (C=O) groups excluding carboxylic acids is 1. The zero-order valence-corrected chi connectivity index (χ0v) is 11.4. The number of nitrogens with zero attached hydrogens (tertiary/aromatic N) is 1. The Hall–Kier alpha value is -0.620. The number of sulfonamides is 1. The highest BCUT2D eigenvalue weighted by Gasteiger charge is 2.38. The average molecular weight is 262 g/mol. The topological polar surface area (TPSA) is 80.5 Å². The SMILES string of the molecule is CCCCCC(C)N1CC(S(N)(=O)=O)CC1=O. The molecule has 1 fully saturated rings. The number of unbranched alkanes of at least 4 members (excludes halogenated alkanes) is 2. The van der Waals surface area contributed by atoms with Gasteiger partial charge in [0.1, 0.15) is 5.25 Å². The fourth-order valence-electron chi connectivity index (χ4n) is 2.19. The zero-order chi connectivity index (χ0) is 13.1. The quantitative estimate of drug-likeness (QED) is 0.720. The second-order valence-corrected chi connectivity index (χ2v) is 6.65. The predicted molar refractivity (Wildman–Crippen MR) is 66.8 cm³/mol. The van der Waals surface area contributed by atoms with Gasteiger partial charge in [0.25, 0.3) is 0 Å². The molecule has 5 nitrogen and oxygen atoms in total. The molecule has 2 atom stereocenters. The maximum atomic E-state index is 11.7. The Morgan fingerprint density at radius 1 is 1.47 bits per heavy atom. The normalized spacial score (nSPS) is 23.1. The lowest BCUT2D eigenvalue weighted by Gasteiger charge is -2.24. The predicted octanol–water partition coefficient (Wildman–Crippen LogP) is 0.845. The fourth-order valence-corrected chi connectivity index (χ4v) is 2.93. The van der Waals surface area contributed by atoms with Crippen LogP contribution in [-0.2, 0) is 14.8 Å². The molecule has 0 aromatic heterocycles. The van der Waals surface area contributed by atoms with Gasteiger partial charge in [0, 0.05) is 19.0 Å². The number of likely N-dealkylation sites (tertiary alicyclic amines) is 1. The van der Waals surface area contributed by atoms with Crippen LogP contribution in [0, 0.1) is 0 Å². The molecule has 1 aliphatic heterocycles. The van der Waals surface area contributed by atoms with Crippen molar-refractivity contribution in [1.82, 2.24) is 4.90 Å². The molecule has 6 heteroatoms. The van der Waals surface area contributed by atoms with E-state index < -0.39 is 15.3 Å². The average Bonchev–Trinajstić information content (AvgIpc) is 2.60. The fraction of sp³-hybridized carbons (Fsp3) is 0.909. The van der Waals surface area contributed by atoms with Crippen molar-refractivity contribution in [2.75, 3.05) is 6.54 Å². The number of nitrogens with two attached hydrogens (primary N) is 1. The van der Waals surface area contributed by atoms with Gasteiger partial charge < -0.3 is 4.90 Å². The van der Waals surface area contributed by atoms with Crippen molar-refractivity contribution < 1.29 is 13.2 Å². The Bertz CT molecular complexity index is 367. The summed E-state index contributed by atoms with van der Waals surface area (Å²) in [4.78, 5) is 13.4. The monoisotopic (exact) mass is 262 g/mol. The number of hydrogen-bond donors (Lipinski definition) is 1. The highest BCUT2D eigenvalue weighted by atomic mass is 32.2. The van der Waals surface area contributed by atoms with Crippen molar-refractivity contribution in [3.05, 3.63) is 0 Å². The summed E-state index contributed by atoms with van der Waals surface area (Å²) >= 11 is 0. The molecule has 1 amide bonds. The number of rotatable bonds is 6. The lowest BCUT2D eigenvalue weighted by molar-refractivity contribution is -0.129. The van der Waals surface area contributed by atoms with Crippen LogP contribution in [0.25, 0.3) is 0 Å². The standard InChI is InChI=1S/C11H22N2O3S/c1-3-4-5-6-9(2)13-8-10(7-11(13)14)17(12,15)16/h9-10H,3-8H2,1-2H3,(H2,12,15,16). The second kappa shape index (κ2) is 5.82. The van der Waals surface area contributed by atoms with E-state index in [-0.39, 0.29) is 24.9 Å². The molecule has 1 rings (SSSR count). The van der Waals surface area contributed by atoms with Crippen LogP contribution in [0.5, 0.6) is 0 Å². The Morgan fingerprint density at radius 2 is 2.12 bits per heavy atom. The Balaban J connectivity index is 2.53. The maximum Gasteiger partial charge on any atom is 0.224 e. The van der Waals surface area contributed by atoms with Gasteiger partial charge in [-0.15, -0.1) is 0 Å². The highest BCUT2D eigenvalue weighted by Crippen LogP contribution is 2.21. The molecule has 100 valence electrons. The van der Waals surface area contributed by atoms with E-state index in [0.717, 1.165) is 25.7 Å². The first-order chi connectivity index (χ1) is 7.86. The minimum absolute atomic E-state index is 0.0386. The van der Waals surface area contributed by atoms with Gasteiger partial charge in [-0.25, -0.2) is 13.6 Å². The van der Waals surface area contributed by atoms with Gasteiger partial charge >= 0.3 is 0 Å². The van der Waals surface area contributed by atoms with Crippen LogP contribution < -0.4 is 5.14 Å². The number of amides is 1. The van der Waals surface area contributed by atoms with Gasteiger partial charge in [-0.1, -0.05) is 26.2 Å². The third-order valence-corrected chi connectivity index (χ3v) is 4.59. The number of hydrogen-bond acceptors (Lipinski definition) is 3. The summed E-state index contributed by atoms with van der Waals surface area (Å²) in [5.41, 5.74) is 0. The third kappa shape index (κ3) is 3.96. The lowest BCUT2D eigenvalue weighted by atomic mass is 10.1. The number of carbonyl (C=O) groups is 1. The van der Waals surface area contributed by atoms with E-state index >= 15 is 0 Å². The van der Waals surface area contributed by atoms with Crippen LogP contribution in [-0.4, -0.2) is 37.1 Å². The van der Waals surface area contributed by atoms with Gasteiger partial charge in [0.2, 0.25) is 15.9 Å². The van der Waals surface area contributed by atoms with Crippen molar-refractivity contribution in [2.24, 2.45) is 5.14 Å². The van der Waals surface area contributed by atoms with Crippen molar-refractivity contribution in [3.8, 4) is 0 Å². The van der Waals surface area contributed by atoms with Crippen LogP contribution in [0.15, 0.2) is 0 Å². The molecule has 1 aliphatic rings. The number of primary sulfonamides is 1. The van der Waals surface area contributed by atoms with Gasteiger partial charge in [-0.05, 0) is 13.3 Å². The molecule has 0 aliphatic carbocycles. The van der Waals surface area contributed by atoms with Gasteiger partial charge in [-0.2, -0.15) is 0 Å². The molecule has 0 spiro atoms. The van der Waals surface area contributed by atoms with E-state index in [0.29, 0.717) is 0 Å². The van der Waals surface area contributed by atoms with Crippen molar-refractivity contribution in [3.63, 3.8) is 0 Å². The Morgan fingerprint density at radius 3 is 2.59 bits per heavy atom.